The molecule has 1 saturated carbocycles. The van der Waals surface area contributed by atoms with Gasteiger partial charge in [-0.3, -0.25) is 4.79 Å². The van der Waals surface area contributed by atoms with E-state index in [1.54, 1.807) is 24.3 Å². The molecule has 1 aliphatic rings. The van der Waals surface area contributed by atoms with Gasteiger partial charge in [0.25, 0.3) is 0 Å². The Morgan fingerprint density at radius 2 is 2.04 bits per heavy atom. The lowest BCUT2D eigenvalue weighted by Crippen LogP contribution is -2.51. The number of hydrogen-bond acceptors (Lipinski definition) is 3. The fourth-order valence-electron chi connectivity index (χ4n) is 4.15. The third kappa shape index (κ3) is 4.57. The van der Waals surface area contributed by atoms with E-state index in [1.807, 2.05) is 25.9 Å². The Hall–Kier alpha value is -1.60. The molecule has 1 fully saturated rings. The molecule has 3 unspecified atom stereocenters. The van der Waals surface area contributed by atoms with Crippen LogP contribution in [-0.4, -0.2) is 44.2 Å². The lowest BCUT2D eigenvalue weighted by atomic mass is 9.65. The van der Waals surface area contributed by atoms with Crippen molar-refractivity contribution in [3.63, 3.8) is 0 Å². The van der Waals surface area contributed by atoms with Gasteiger partial charge >= 0.3 is 6.18 Å². The third-order valence-corrected chi connectivity index (χ3v) is 5.19. The lowest BCUT2D eigenvalue weighted by Gasteiger charge is -2.49. The van der Waals surface area contributed by atoms with Gasteiger partial charge in [-0.25, -0.2) is 0 Å². The zero-order chi connectivity index (χ0) is 19.5. The van der Waals surface area contributed by atoms with E-state index in [9.17, 15) is 18.0 Å². The molecule has 0 aliphatic heterocycles. The summed E-state index contributed by atoms with van der Waals surface area (Å²) < 4.78 is 44.7. The van der Waals surface area contributed by atoms with Crippen molar-refractivity contribution in [1.29, 1.82) is 0 Å². The maximum absolute atomic E-state index is 13.0. The molecule has 2 rings (SSSR count). The first-order chi connectivity index (χ1) is 12.1. The molecule has 3 atom stereocenters. The number of amides is 1. The zero-order valence-electron chi connectivity index (χ0n) is 15.5. The number of alkyl halides is 3. The van der Waals surface area contributed by atoms with Crippen molar-refractivity contribution in [1.82, 2.24) is 4.90 Å². The second kappa shape index (κ2) is 7.96. The lowest BCUT2D eigenvalue weighted by molar-refractivity contribution is -0.239. The van der Waals surface area contributed by atoms with Crippen LogP contribution in [0.25, 0.3) is 0 Å². The molecule has 2 N–H and O–H groups in total. The molecule has 26 heavy (non-hydrogen) atoms. The number of ether oxygens (including phenoxy) is 1. The molecule has 0 radical (unpaired) electrons. The van der Waals surface area contributed by atoms with Gasteiger partial charge < -0.3 is 15.4 Å². The normalized spacial score (nSPS) is 26.9. The number of nitrogens with zero attached hydrogens (tertiary/aromatic N) is 1. The van der Waals surface area contributed by atoms with Crippen molar-refractivity contribution in [3.8, 4) is 0 Å². The highest BCUT2D eigenvalue weighted by atomic mass is 19.4. The quantitative estimate of drug-likeness (QED) is 0.831. The van der Waals surface area contributed by atoms with E-state index in [1.165, 1.54) is 0 Å². The number of carbonyl (C=O) groups is 1. The van der Waals surface area contributed by atoms with Crippen LogP contribution in [0.5, 0.6) is 0 Å². The van der Waals surface area contributed by atoms with Crippen molar-refractivity contribution in [2.75, 3.05) is 27.2 Å². The molecule has 1 aromatic carbocycles. The molecule has 1 aromatic rings. The minimum Gasteiger partial charge on any atom is -0.366 e. The average Bonchev–Trinajstić information content (AvgIpc) is 2.53. The first-order valence-corrected chi connectivity index (χ1v) is 8.82. The van der Waals surface area contributed by atoms with Crippen LogP contribution < -0.4 is 5.73 Å². The summed E-state index contributed by atoms with van der Waals surface area (Å²) in [5.41, 5.74) is 5.14. The van der Waals surface area contributed by atoms with Crippen LogP contribution in [0.4, 0.5) is 13.2 Å². The summed E-state index contributed by atoms with van der Waals surface area (Å²) >= 11 is 0. The molecule has 0 heterocycles. The van der Waals surface area contributed by atoms with Gasteiger partial charge in [-0.15, -0.1) is 0 Å². The Morgan fingerprint density at radius 1 is 1.35 bits per heavy atom. The van der Waals surface area contributed by atoms with Gasteiger partial charge in [-0.2, -0.15) is 13.2 Å². The molecule has 4 nitrogen and oxygen atoms in total. The van der Waals surface area contributed by atoms with E-state index in [0.29, 0.717) is 12.1 Å². The molecule has 1 amide bonds. The number of benzene rings is 1. The Labute approximate surface area is 152 Å². The highest BCUT2D eigenvalue weighted by Crippen LogP contribution is 2.49. The summed E-state index contributed by atoms with van der Waals surface area (Å²) in [5.74, 6) is -0.844. The van der Waals surface area contributed by atoms with Crippen molar-refractivity contribution in [2.24, 2.45) is 17.6 Å². The molecule has 7 heteroatoms. The van der Waals surface area contributed by atoms with Crippen molar-refractivity contribution in [2.45, 2.75) is 38.0 Å². The second-order valence-corrected chi connectivity index (χ2v) is 7.43. The average molecular weight is 372 g/mol. The van der Waals surface area contributed by atoms with Gasteiger partial charge in [-0.05, 0) is 50.6 Å². The Balaban J connectivity index is 2.55. The van der Waals surface area contributed by atoms with Gasteiger partial charge in [0.2, 0.25) is 5.91 Å². The van der Waals surface area contributed by atoms with E-state index in [2.05, 4.69) is 0 Å². The van der Waals surface area contributed by atoms with Gasteiger partial charge in [0.15, 0.2) is 0 Å². The van der Waals surface area contributed by atoms with Crippen molar-refractivity contribution in [3.05, 3.63) is 35.4 Å². The van der Waals surface area contributed by atoms with Crippen LogP contribution in [0.15, 0.2) is 24.3 Å². The molecular formula is C19H27F3N2O2. The highest BCUT2D eigenvalue weighted by molar-refractivity contribution is 5.92. The van der Waals surface area contributed by atoms with Crippen LogP contribution in [0.1, 0.15) is 42.1 Å². The van der Waals surface area contributed by atoms with Gasteiger partial charge in [0, 0.05) is 18.0 Å². The minimum atomic E-state index is -4.42. The fraction of sp³-hybridized carbons (Fsp3) is 0.632. The minimum absolute atomic E-state index is 0.119. The number of halogens is 3. The monoisotopic (exact) mass is 372 g/mol. The van der Waals surface area contributed by atoms with Crippen molar-refractivity contribution >= 4 is 5.91 Å². The maximum Gasteiger partial charge on any atom is 0.411 e. The van der Waals surface area contributed by atoms with E-state index < -0.39 is 24.3 Å². The van der Waals surface area contributed by atoms with Crippen LogP contribution >= 0.6 is 0 Å². The van der Waals surface area contributed by atoms with Gasteiger partial charge in [0.1, 0.15) is 12.2 Å². The summed E-state index contributed by atoms with van der Waals surface area (Å²) in [6.07, 6.45) is -1.95. The third-order valence-electron chi connectivity index (χ3n) is 5.19. The second-order valence-electron chi connectivity index (χ2n) is 7.43. The SMILES string of the molecule is CC1CCCC(CN(C)C)C1(OCC(F)(F)F)c1cccc(C(N)=O)c1. The number of primary amides is 1. The molecule has 0 saturated heterocycles. The fourth-order valence-corrected chi connectivity index (χ4v) is 4.15. The smallest absolute Gasteiger partial charge is 0.366 e. The topological polar surface area (TPSA) is 55.6 Å². The first-order valence-electron chi connectivity index (χ1n) is 8.82. The van der Waals surface area contributed by atoms with Crippen LogP contribution in [0.2, 0.25) is 0 Å². The first kappa shape index (κ1) is 20.7. The molecule has 0 spiro atoms. The number of rotatable bonds is 6. The number of nitrogens with two attached hydrogens (primary N) is 1. The van der Waals surface area contributed by atoms with Gasteiger partial charge in [0.05, 0.1) is 0 Å². The number of hydrogen-bond donors (Lipinski definition) is 1. The Morgan fingerprint density at radius 3 is 2.62 bits per heavy atom. The zero-order valence-corrected chi connectivity index (χ0v) is 15.5. The maximum atomic E-state index is 13.0. The Bertz CT molecular complexity index is 633. The summed E-state index contributed by atoms with van der Waals surface area (Å²) in [4.78, 5) is 13.6. The molecule has 0 bridgehead atoms. The highest BCUT2D eigenvalue weighted by Gasteiger charge is 2.50. The number of carbonyl (C=O) groups excluding carboxylic acids is 1. The van der Waals surface area contributed by atoms with E-state index in [0.717, 1.165) is 19.3 Å². The van der Waals surface area contributed by atoms with E-state index in [4.69, 9.17) is 10.5 Å². The molecule has 0 aromatic heterocycles. The van der Waals surface area contributed by atoms with Crippen LogP contribution in [0.3, 0.4) is 0 Å². The summed E-state index contributed by atoms with van der Waals surface area (Å²) in [6, 6.07) is 6.55. The van der Waals surface area contributed by atoms with Crippen LogP contribution in [-0.2, 0) is 10.3 Å². The van der Waals surface area contributed by atoms with Gasteiger partial charge in [-0.1, -0.05) is 25.5 Å². The predicted octanol–water partition coefficient (Wildman–Crippen LogP) is 3.56. The summed E-state index contributed by atoms with van der Waals surface area (Å²) in [5, 5.41) is 0. The predicted molar refractivity (Wildman–Crippen MR) is 93.7 cm³/mol. The molecular weight excluding hydrogens is 345 g/mol. The van der Waals surface area contributed by atoms with Crippen LogP contribution in [0, 0.1) is 11.8 Å². The van der Waals surface area contributed by atoms with E-state index >= 15 is 0 Å². The standard InChI is InChI=1S/C19H27F3N2O2/c1-13-6-4-9-16(11-24(2)3)19(13,26-12-18(20,21)22)15-8-5-7-14(10-15)17(23)25/h5,7-8,10,13,16H,4,6,9,11-12H2,1-3H3,(H2,23,25). The largest absolute Gasteiger partial charge is 0.411 e. The summed E-state index contributed by atoms with van der Waals surface area (Å²) in [6.45, 7) is 1.21. The van der Waals surface area contributed by atoms with E-state index in [-0.39, 0.29) is 17.4 Å². The molecule has 1 aliphatic carbocycles. The molecule has 146 valence electrons. The Kier molecular flexibility index (Phi) is 6.34. The summed E-state index contributed by atoms with van der Waals surface area (Å²) in [7, 11) is 3.79. The van der Waals surface area contributed by atoms with Crippen molar-refractivity contribution < 1.29 is 22.7 Å².